The van der Waals surface area contributed by atoms with E-state index in [4.69, 9.17) is 0 Å². The van der Waals surface area contributed by atoms with Crippen LogP contribution in [-0.4, -0.2) is 23.2 Å². The maximum atomic E-state index is 11.8. The van der Waals surface area contributed by atoms with Crippen molar-refractivity contribution in [2.24, 2.45) is 0 Å². The van der Waals surface area contributed by atoms with Crippen molar-refractivity contribution in [3.8, 4) is 17.4 Å². The first-order valence-corrected chi connectivity index (χ1v) is 9.44. The molecule has 0 amide bonds. The molecule has 2 heterocycles. The minimum atomic E-state index is -3.07. The molecule has 2 bridgehead atoms. The van der Waals surface area contributed by atoms with Crippen molar-refractivity contribution in [1.29, 1.82) is 0 Å². The second-order valence-corrected chi connectivity index (χ2v) is 8.69. The largest absolute Gasteiger partial charge is 0.494 e. The number of aromatic nitrogens is 1. The number of fused-ring (bicyclic) bond motifs is 6. The average Bonchev–Trinajstić information content (AvgIpc) is 3.20. The minimum absolute atomic E-state index is 0.0193. The summed E-state index contributed by atoms with van der Waals surface area (Å²) in [5.74, 6) is 0.543. The normalized spacial score (nSPS) is 25.7. The van der Waals surface area contributed by atoms with E-state index >= 15 is 0 Å². The molecule has 118 valence electrons. The SMILES string of the molecule is O=S1(=O)Cc2ccc(-n3c(O)c4c(c3O)[C@H]3C=C[C@@H]4C3)cc2C1. The van der Waals surface area contributed by atoms with Crippen molar-refractivity contribution in [2.75, 3.05) is 0 Å². The Morgan fingerprint density at radius 1 is 0.957 bits per heavy atom. The molecule has 0 saturated heterocycles. The number of hydrogen-bond donors (Lipinski definition) is 2. The number of benzene rings is 1. The Morgan fingerprint density at radius 3 is 2.22 bits per heavy atom. The van der Waals surface area contributed by atoms with Crippen LogP contribution in [-0.2, 0) is 21.3 Å². The van der Waals surface area contributed by atoms with Crippen LogP contribution < -0.4 is 0 Å². The number of hydrogen-bond acceptors (Lipinski definition) is 4. The molecule has 6 heteroatoms. The Bertz CT molecular complexity index is 965. The maximum Gasteiger partial charge on any atom is 0.202 e. The first-order valence-electron chi connectivity index (χ1n) is 7.62. The molecule has 2 aromatic rings. The van der Waals surface area contributed by atoms with Gasteiger partial charge < -0.3 is 10.2 Å². The average molecular weight is 329 g/mol. The summed E-state index contributed by atoms with van der Waals surface area (Å²) in [5, 5.41) is 21.2. The van der Waals surface area contributed by atoms with E-state index < -0.39 is 9.84 Å². The molecule has 1 aliphatic heterocycles. The van der Waals surface area contributed by atoms with Crippen molar-refractivity contribution in [1.82, 2.24) is 4.57 Å². The van der Waals surface area contributed by atoms with Crippen LogP contribution in [0.1, 0.15) is 40.5 Å². The number of nitrogens with zero attached hydrogens (tertiary/aromatic N) is 1. The van der Waals surface area contributed by atoms with Gasteiger partial charge in [-0.3, -0.25) is 4.57 Å². The molecule has 0 unspecified atom stereocenters. The summed E-state index contributed by atoms with van der Waals surface area (Å²) in [6, 6.07) is 5.28. The smallest absolute Gasteiger partial charge is 0.202 e. The lowest BCUT2D eigenvalue weighted by Gasteiger charge is -2.11. The monoisotopic (exact) mass is 329 g/mol. The molecule has 2 N–H and O–H groups in total. The molecule has 2 atom stereocenters. The predicted octanol–water partition coefficient (Wildman–Crippen LogP) is 2.46. The van der Waals surface area contributed by atoms with Crippen molar-refractivity contribution >= 4 is 9.84 Å². The lowest BCUT2D eigenvalue weighted by Crippen LogP contribution is -1.97. The van der Waals surface area contributed by atoms with Crippen molar-refractivity contribution < 1.29 is 18.6 Å². The Morgan fingerprint density at radius 2 is 1.57 bits per heavy atom. The summed E-state index contributed by atoms with van der Waals surface area (Å²) in [4.78, 5) is 0. The van der Waals surface area contributed by atoms with Crippen LogP contribution in [0.2, 0.25) is 0 Å². The lowest BCUT2D eigenvalue weighted by molar-refractivity contribution is 0.395. The number of rotatable bonds is 1. The van der Waals surface area contributed by atoms with E-state index in [1.165, 1.54) is 4.57 Å². The van der Waals surface area contributed by atoms with Crippen LogP contribution >= 0.6 is 0 Å². The fourth-order valence-electron chi connectivity index (χ4n) is 4.24. The molecule has 2 aliphatic carbocycles. The summed E-state index contributed by atoms with van der Waals surface area (Å²) in [7, 11) is -3.07. The molecule has 0 fully saturated rings. The Kier molecular flexibility index (Phi) is 2.30. The number of allylic oxidation sites excluding steroid dienone is 2. The third-order valence-electron chi connectivity index (χ3n) is 5.22. The number of aromatic hydroxyl groups is 2. The highest BCUT2D eigenvalue weighted by Crippen LogP contribution is 2.57. The molecule has 0 saturated carbocycles. The molecule has 1 aromatic carbocycles. The van der Waals surface area contributed by atoms with Crippen molar-refractivity contribution in [2.45, 2.75) is 29.8 Å². The number of sulfone groups is 1. The van der Waals surface area contributed by atoms with Crippen LogP contribution in [0, 0.1) is 0 Å². The van der Waals surface area contributed by atoms with E-state index in [2.05, 4.69) is 12.2 Å². The zero-order chi connectivity index (χ0) is 15.9. The highest BCUT2D eigenvalue weighted by atomic mass is 32.2. The predicted molar refractivity (Wildman–Crippen MR) is 84.7 cm³/mol. The van der Waals surface area contributed by atoms with Gasteiger partial charge in [-0.15, -0.1) is 0 Å². The third kappa shape index (κ3) is 1.64. The Balaban J connectivity index is 1.68. The molecule has 0 spiro atoms. The Hall–Kier alpha value is -2.21. The first-order chi connectivity index (χ1) is 10.9. The van der Waals surface area contributed by atoms with Crippen LogP contribution in [0.15, 0.2) is 30.4 Å². The molecule has 5 nitrogen and oxygen atoms in total. The van der Waals surface area contributed by atoms with Crippen molar-refractivity contribution in [3.05, 3.63) is 52.6 Å². The van der Waals surface area contributed by atoms with Gasteiger partial charge in [0.2, 0.25) is 11.8 Å². The second-order valence-electron chi connectivity index (χ2n) is 6.63. The zero-order valence-electron chi connectivity index (χ0n) is 12.2. The van der Waals surface area contributed by atoms with Crippen molar-refractivity contribution in [3.63, 3.8) is 0 Å². The van der Waals surface area contributed by atoms with Gasteiger partial charge in [0.15, 0.2) is 9.84 Å². The Labute approximate surface area is 133 Å². The van der Waals surface area contributed by atoms with Gasteiger partial charge in [-0.2, -0.15) is 0 Å². The van der Waals surface area contributed by atoms with E-state index in [0.717, 1.165) is 28.7 Å². The van der Waals surface area contributed by atoms with Gasteiger partial charge in [-0.1, -0.05) is 18.2 Å². The molecule has 0 radical (unpaired) electrons. The summed E-state index contributed by atoms with van der Waals surface area (Å²) >= 11 is 0. The van der Waals surface area contributed by atoms with Gasteiger partial charge in [0.1, 0.15) is 0 Å². The summed E-state index contributed by atoms with van der Waals surface area (Å²) in [5.41, 5.74) is 3.77. The second kappa shape index (κ2) is 4.00. The topological polar surface area (TPSA) is 79.5 Å². The standard InChI is InChI=1S/C17H15NO4S/c19-16-14-9-1-2-10(5-9)15(14)17(20)18(16)13-4-3-11-7-23(21,22)8-12(11)6-13/h1-4,6,9-10,19-20H,5,7-8H2/t9-,10+. The van der Waals surface area contributed by atoms with Gasteiger partial charge in [-0.05, 0) is 29.7 Å². The third-order valence-corrected chi connectivity index (χ3v) is 6.72. The van der Waals surface area contributed by atoms with E-state index in [1.807, 2.05) is 0 Å². The van der Waals surface area contributed by atoms with Gasteiger partial charge >= 0.3 is 0 Å². The molecule has 1 aromatic heterocycles. The maximum absolute atomic E-state index is 11.8. The summed E-state index contributed by atoms with van der Waals surface area (Å²) < 4.78 is 25.0. The van der Waals surface area contributed by atoms with Gasteiger partial charge in [-0.25, -0.2) is 8.42 Å². The molecular weight excluding hydrogens is 314 g/mol. The van der Waals surface area contributed by atoms with Gasteiger partial charge in [0, 0.05) is 23.0 Å². The van der Waals surface area contributed by atoms with Crippen LogP contribution in [0.5, 0.6) is 11.8 Å². The van der Waals surface area contributed by atoms with E-state index in [1.54, 1.807) is 18.2 Å². The van der Waals surface area contributed by atoms with Crippen LogP contribution in [0.25, 0.3) is 5.69 Å². The van der Waals surface area contributed by atoms with Crippen LogP contribution in [0.4, 0.5) is 0 Å². The highest BCUT2D eigenvalue weighted by molar-refractivity contribution is 7.90. The molecule has 5 rings (SSSR count). The zero-order valence-corrected chi connectivity index (χ0v) is 13.0. The minimum Gasteiger partial charge on any atom is -0.494 e. The molecular formula is C17H15NO4S. The highest BCUT2D eigenvalue weighted by Gasteiger charge is 2.41. The van der Waals surface area contributed by atoms with E-state index in [-0.39, 0.29) is 35.1 Å². The van der Waals surface area contributed by atoms with Crippen LogP contribution in [0.3, 0.4) is 0 Å². The lowest BCUT2D eigenvalue weighted by atomic mass is 10.0. The molecule has 23 heavy (non-hydrogen) atoms. The van der Waals surface area contributed by atoms with Gasteiger partial charge in [0.05, 0.1) is 17.2 Å². The summed E-state index contributed by atoms with van der Waals surface area (Å²) in [6.45, 7) is 0. The first kappa shape index (κ1) is 13.2. The fourth-order valence-corrected chi connectivity index (χ4v) is 5.84. The summed E-state index contributed by atoms with van der Waals surface area (Å²) in [6.07, 6.45) is 5.06. The fraction of sp³-hybridized carbons (Fsp3) is 0.294. The van der Waals surface area contributed by atoms with Gasteiger partial charge in [0.25, 0.3) is 0 Å². The quantitative estimate of drug-likeness (QED) is 0.788. The molecule has 3 aliphatic rings. The van der Waals surface area contributed by atoms with E-state index in [9.17, 15) is 18.6 Å². The van der Waals surface area contributed by atoms with E-state index in [0.29, 0.717) is 5.69 Å².